The molecule has 0 saturated heterocycles. The van der Waals surface area contributed by atoms with Crippen molar-refractivity contribution in [1.29, 1.82) is 0 Å². The molecule has 148 valence electrons. The molecule has 29 heavy (non-hydrogen) atoms. The van der Waals surface area contributed by atoms with Gasteiger partial charge in [0.15, 0.2) is 0 Å². The fourth-order valence-electron chi connectivity index (χ4n) is 3.29. The first kappa shape index (κ1) is 18.8. The standard InChI is InChI=1S/C21H20FN5O2/c1-4-27-13(3)15(11-24-27)10-23-20(28)17-9-18(14-5-7-16(22)8-6-14)25-21-19(17)12(2)26-29-21/h5-9,11H,4,10H2,1-3H3,(H,23,28). The number of benzene rings is 1. The summed E-state index contributed by atoms with van der Waals surface area (Å²) in [5.74, 6) is -0.609. The molecule has 1 amide bonds. The van der Waals surface area contributed by atoms with Gasteiger partial charge in [0.1, 0.15) is 5.82 Å². The molecule has 0 aliphatic rings. The van der Waals surface area contributed by atoms with Crippen LogP contribution in [-0.2, 0) is 13.1 Å². The van der Waals surface area contributed by atoms with Gasteiger partial charge in [-0.2, -0.15) is 5.10 Å². The maximum atomic E-state index is 13.3. The molecular weight excluding hydrogens is 373 g/mol. The van der Waals surface area contributed by atoms with Gasteiger partial charge in [0.2, 0.25) is 0 Å². The normalized spacial score (nSPS) is 11.2. The zero-order valence-electron chi connectivity index (χ0n) is 16.4. The molecule has 4 aromatic rings. The Morgan fingerprint density at radius 3 is 2.69 bits per heavy atom. The third-order valence-electron chi connectivity index (χ3n) is 4.95. The topological polar surface area (TPSA) is 85.8 Å². The Morgan fingerprint density at radius 2 is 2.00 bits per heavy atom. The molecule has 1 N–H and O–H groups in total. The smallest absolute Gasteiger partial charge is 0.259 e. The van der Waals surface area contributed by atoms with Crippen LogP contribution in [0, 0.1) is 19.7 Å². The summed E-state index contributed by atoms with van der Waals surface area (Å²) in [4.78, 5) is 17.5. The van der Waals surface area contributed by atoms with Gasteiger partial charge < -0.3 is 9.84 Å². The Hall–Kier alpha value is -3.55. The van der Waals surface area contributed by atoms with E-state index in [0.717, 1.165) is 17.8 Å². The summed E-state index contributed by atoms with van der Waals surface area (Å²) in [5.41, 5.74) is 4.41. The molecular formula is C21H20FN5O2. The third-order valence-corrected chi connectivity index (χ3v) is 4.95. The average molecular weight is 393 g/mol. The Morgan fingerprint density at radius 1 is 1.24 bits per heavy atom. The van der Waals surface area contributed by atoms with Crippen LogP contribution in [0.5, 0.6) is 0 Å². The number of carbonyl (C=O) groups is 1. The molecule has 1 aromatic carbocycles. The number of nitrogens with zero attached hydrogens (tertiary/aromatic N) is 4. The first-order valence-corrected chi connectivity index (χ1v) is 9.30. The van der Waals surface area contributed by atoms with E-state index in [-0.39, 0.29) is 17.4 Å². The van der Waals surface area contributed by atoms with E-state index in [1.165, 1.54) is 12.1 Å². The lowest BCUT2D eigenvalue weighted by Gasteiger charge is -2.09. The Labute approximate surface area is 166 Å². The Balaban J connectivity index is 1.69. The van der Waals surface area contributed by atoms with Crippen molar-refractivity contribution >= 4 is 17.0 Å². The second kappa shape index (κ2) is 7.46. The number of aromatic nitrogens is 4. The zero-order chi connectivity index (χ0) is 20.5. The van der Waals surface area contributed by atoms with E-state index in [9.17, 15) is 9.18 Å². The van der Waals surface area contributed by atoms with Crippen molar-refractivity contribution in [3.05, 3.63) is 64.9 Å². The monoisotopic (exact) mass is 393 g/mol. The predicted molar refractivity (Wildman–Crippen MR) is 106 cm³/mol. The van der Waals surface area contributed by atoms with E-state index < -0.39 is 0 Å². The Bertz CT molecular complexity index is 1190. The van der Waals surface area contributed by atoms with Gasteiger partial charge in [-0.3, -0.25) is 9.48 Å². The number of rotatable bonds is 5. The van der Waals surface area contributed by atoms with E-state index >= 15 is 0 Å². The average Bonchev–Trinajstić information content (AvgIpc) is 3.28. The molecule has 4 rings (SSSR count). The number of amides is 1. The zero-order valence-corrected chi connectivity index (χ0v) is 16.4. The summed E-state index contributed by atoms with van der Waals surface area (Å²) in [6, 6.07) is 7.59. The molecule has 0 radical (unpaired) electrons. The van der Waals surface area contributed by atoms with Gasteiger partial charge in [-0.15, -0.1) is 0 Å². The van der Waals surface area contributed by atoms with Crippen molar-refractivity contribution < 1.29 is 13.7 Å². The largest absolute Gasteiger partial charge is 0.348 e. The van der Waals surface area contributed by atoms with Gasteiger partial charge in [-0.25, -0.2) is 9.37 Å². The van der Waals surface area contributed by atoms with E-state index in [4.69, 9.17) is 4.52 Å². The van der Waals surface area contributed by atoms with Crippen LogP contribution in [0.15, 0.2) is 41.1 Å². The minimum absolute atomic E-state index is 0.268. The fraction of sp³-hybridized carbons (Fsp3) is 0.238. The minimum atomic E-state index is -0.341. The van der Waals surface area contributed by atoms with E-state index in [0.29, 0.717) is 34.4 Å². The summed E-state index contributed by atoms with van der Waals surface area (Å²) in [7, 11) is 0. The van der Waals surface area contributed by atoms with Gasteiger partial charge in [0.25, 0.3) is 11.6 Å². The van der Waals surface area contributed by atoms with Crippen molar-refractivity contribution in [2.45, 2.75) is 33.9 Å². The molecule has 7 nitrogen and oxygen atoms in total. The van der Waals surface area contributed by atoms with Gasteiger partial charge in [-0.1, -0.05) is 5.16 Å². The molecule has 0 spiro atoms. The SMILES string of the molecule is CCn1ncc(CNC(=O)c2cc(-c3ccc(F)cc3)nc3onc(C)c23)c1C. The Kier molecular flexibility index (Phi) is 4.84. The summed E-state index contributed by atoms with van der Waals surface area (Å²) < 4.78 is 20.4. The van der Waals surface area contributed by atoms with Crippen LogP contribution >= 0.6 is 0 Å². The molecule has 0 aliphatic heterocycles. The minimum Gasteiger partial charge on any atom is -0.348 e. The van der Waals surface area contributed by atoms with Crippen molar-refractivity contribution in [2.75, 3.05) is 0 Å². The van der Waals surface area contributed by atoms with Crippen molar-refractivity contribution in [3.63, 3.8) is 0 Å². The van der Waals surface area contributed by atoms with Crippen molar-refractivity contribution in [3.8, 4) is 11.3 Å². The maximum Gasteiger partial charge on any atom is 0.259 e. The second-order valence-corrected chi connectivity index (χ2v) is 6.76. The number of hydrogen-bond acceptors (Lipinski definition) is 5. The summed E-state index contributed by atoms with van der Waals surface area (Å²) in [5, 5.41) is 11.8. The number of nitrogens with one attached hydrogen (secondary N) is 1. The van der Waals surface area contributed by atoms with Crippen LogP contribution in [0.1, 0.15) is 34.2 Å². The van der Waals surface area contributed by atoms with E-state index in [1.54, 1.807) is 31.3 Å². The predicted octanol–water partition coefficient (Wildman–Crippen LogP) is 3.79. The van der Waals surface area contributed by atoms with Crippen LogP contribution < -0.4 is 5.32 Å². The van der Waals surface area contributed by atoms with Gasteiger partial charge >= 0.3 is 0 Å². The number of halogens is 1. The lowest BCUT2D eigenvalue weighted by atomic mass is 10.0. The highest BCUT2D eigenvalue weighted by molar-refractivity contribution is 6.06. The van der Waals surface area contributed by atoms with Crippen LogP contribution in [0.3, 0.4) is 0 Å². The molecule has 0 saturated carbocycles. The third kappa shape index (κ3) is 3.49. The fourth-order valence-corrected chi connectivity index (χ4v) is 3.29. The van der Waals surface area contributed by atoms with Crippen molar-refractivity contribution in [1.82, 2.24) is 25.2 Å². The molecule has 8 heteroatoms. The van der Waals surface area contributed by atoms with Gasteiger partial charge in [0.05, 0.1) is 28.5 Å². The summed E-state index contributed by atoms with van der Waals surface area (Å²) in [6.45, 7) is 6.87. The maximum absolute atomic E-state index is 13.3. The number of carbonyl (C=O) groups excluding carboxylic acids is 1. The van der Waals surface area contributed by atoms with Crippen molar-refractivity contribution in [2.24, 2.45) is 0 Å². The highest BCUT2D eigenvalue weighted by Crippen LogP contribution is 2.27. The van der Waals surface area contributed by atoms with Gasteiger partial charge in [0, 0.05) is 29.9 Å². The number of fused-ring (bicyclic) bond motifs is 1. The number of hydrogen-bond donors (Lipinski definition) is 1. The van der Waals surface area contributed by atoms with E-state index in [1.807, 2.05) is 18.5 Å². The highest BCUT2D eigenvalue weighted by Gasteiger charge is 2.19. The lowest BCUT2D eigenvalue weighted by Crippen LogP contribution is -2.23. The van der Waals surface area contributed by atoms with Crippen LogP contribution in [0.2, 0.25) is 0 Å². The lowest BCUT2D eigenvalue weighted by molar-refractivity contribution is 0.0952. The molecule has 0 unspecified atom stereocenters. The molecule has 3 heterocycles. The quantitative estimate of drug-likeness (QED) is 0.557. The molecule has 0 atom stereocenters. The van der Waals surface area contributed by atoms with Crippen LogP contribution in [0.4, 0.5) is 4.39 Å². The summed E-state index contributed by atoms with van der Waals surface area (Å²) >= 11 is 0. The first-order valence-electron chi connectivity index (χ1n) is 9.30. The number of aryl methyl sites for hydroxylation is 2. The number of pyridine rings is 1. The van der Waals surface area contributed by atoms with Crippen LogP contribution in [0.25, 0.3) is 22.4 Å². The second-order valence-electron chi connectivity index (χ2n) is 6.76. The van der Waals surface area contributed by atoms with E-state index in [2.05, 4.69) is 20.6 Å². The first-order chi connectivity index (χ1) is 14.0. The molecule has 0 bridgehead atoms. The molecule has 0 fully saturated rings. The summed E-state index contributed by atoms with van der Waals surface area (Å²) in [6.07, 6.45) is 1.76. The highest BCUT2D eigenvalue weighted by atomic mass is 19.1. The van der Waals surface area contributed by atoms with Crippen LogP contribution in [-0.4, -0.2) is 25.8 Å². The van der Waals surface area contributed by atoms with Gasteiger partial charge in [-0.05, 0) is 51.1 Å². The molecule has 3 aromatic heterocycles. The molecule has 0 aliphatic carbocycles.